The Balaban J connectivity index is 0.000000333. The first kappa shape index (κ1) is 33.2. The Morgan fingerprint density at radius 3 is 2.10 bits per heavy atom. The second kappa shape index (κ2) is 14.6. The van der Waals surface area contributed by atoms with Gasteiger partial charge in [0.15, 0.2) is 0 Å². The number of likely N-dealkylation sites (tertiary alicyclic amines) is 1. The number of pyridine rings is 1. The first-order valence-corrected chi connectivity index (χ1v) is 12.3. The van der Waals surface area contributed by atoms with Gasteiger partial charge in [-0.1, -0.05) is 6.07 Å². The highest BCUT2D eigenvalue weighted by atomic mass is 19.4. The van der Waals surface area contributed by atoms with Crippen molar-refractivity contribution in [3.05, 3.63) is 30.1 Å². The molecule has 3 fully saturated rings. The number of ether oxygens (including phenoxy) is 2. The summed E-state index contributed by atoms with van der Waals surface area (Å²) in [4.78, 5) is 39.2. The van der Waals surface area contributed by atoms with Gasteiger partial charge in [0.1, 0.15) is 6.10 Å². The second-order valence-corrected chi connectivity index (χ2v) is 9.41. The summed E-state index contributed by atoms with van der Waals surface area (Å²) in [5, 5.41) is 14.2. The fourth-order valence-corrected chi connectivity index (χ4v) is 4.55. The molecule has 0 bridgehead atoms. The van der Waals surface area contributed by atoms with Crippen LogP contribution in [0.15, 0.2) is 24.4 Å². The summed E-state index contributed by atoms with van der Waals surface area (Å²) in [5.41, 5.74) is 0.907. The summed E-state index contributed by atoms with van der Waals surface area (Å²) >= 11 is 0. The van der Waals surface area contributed by atoms with Gasteiger partial charge >= 0.3 is 24.3 Å². The average molecular weight is 588 g/mol. The highest BCUT2D eigenvalue weighted by Crippen LogP contribution is 2.35. The van der Waals surface area contributed by atoms with E-state index in [4.69, 9.17) is 29.3 Å². The number of nitrogens with zero attached hydrogens (tertiary/aromatic N) is 3. The molecule has 2 N–H and O–H groups in total. The molecule has 3 atom stereocenters. The molecule has 3 aliphatic rings. The summed E-state index contributed by atoms with van der Waals surface area (Å²) in [6.07, 6.45) is -4.27. The Hall–Kier alpha value is -2.98. The third-order valence-electron chi connectivity index (χ3n) is 6.55. The van der Waals surface area contributed by atoms with E-state index in [0.717, 1.165) is 57.7 Å². The van der Waals surface area contributed by atoms with Crippen LogP contribution in [-0.4, -0.2) is 107 Å². The number of aromatic nitrogens is 1. The number of carbonyl (C=O) groups is 3. The van der Waals surface area contributed by atoms with Gasteiger partial charge in [0.05, 0.1) is 18.3 Å². The van der Waals surface area contributed by atoms with Gasteiger partial charge in [-0.3, -0.25) is 14.7 Å². The Bertz CT molecular complexity index is 950. The van der Waals surface area contributed by atoms with Crippen molar-refractivity contribution in [2.75, 3.05) is 33.4 Å². The van der Waals surface area contributed by atoms with E-state index in [9.17, 15) is 31.1 Å². The summed E-state index contributed by atoms with van der Waals surface area (Å²) in [7, 11) is 1.84. The average Bonchev–Trinajstić information content (AvgIpc) is 3.32. The predicted molar refractivity (Wildman–Crippen MR) is 125 cm³/mol. The molecule has 0 saturated carbocycles. The maximum Gasteiger partial charge on any atom is 0.490 e. The monoisotopic (exact) mass is 587 g/mol. The molecule has 226 valence electrons. The van der Waals surface area contributed by atoms with Gasteiger partial charge in [-0.2, -0.15) is 26.3 Å². The Kier molecular flexibility index (Phi) is 12.1. The molecular weight excluding hydrogens is 556 g/mol. The third kappa shape index (κ3) is 10.5. The van der Waals surface area contributed by atoms with Crippen LogP contribution in [0.1, 0.15) is 31.4 Å². The van der Waals surface area contributed by atoms with Crippen LogP contribution in [0, 0.1) is 5.92 Å². The molecule has 1 amide bonds. The molecule has 10 nitrogen and oxygen atoms in total. The number of amides is 1. The fourth-order valence-electron chi connectivity index (χ4n) is 4.55. The van der Waals surface area contributed by atoms with Crippen LogP contribution in [0.5, 0.6) is 0 Å². The van der Waals surface area contributed by atoms with Crippen LogP contribution in [0.3, 0.4) is 0 Å². The molecule has 0 spiro atoms. The van der Waals surface area contributed by atoms with Crippen molar-refractivity contribution < 1.29 is 60.4 Å². The van der Waals surface area contributed by atoms with Crippen LogP contribution >= 0.6 is 0 Å². The van der Waals surface area contributed by atoms with E-state index in [1.54, 1.807) is 11.1 Å². The Labute approximate surface area is 225 Å². The van der Waals surface area contributed by atoms with Crippen molar-refractivity contribution in [1.82, 2.24) is 14.8 Å². The molecule has 1 aromatic rings. The second-order valence-electron chi connectivity index (χ2n) is 9.41. The lowest BCUT2D eigenvalue weighted by atomic mass is 9.90. The number of aliphatic carboxylic acids is 2. The van der Waals surface area contributed by atoms with Gasteiger partial charge in [0.25, 0.3) is 5.91 Å². The standard InChI is InChI=1S/C20H29N3O3.2C2HF3O2/c1-22(13-16-4-2-3-8-21-16)20(24)18-12-15-5-9-23(14-19(15)26-18)17-6-10-25-11-7-17;2*3-2(4,5)1(6)7/h2-4,8,15,17-19H,5-7,9-14H2,1H3;2*(H,6,7)/t15-,18+,19+;;/m0../s1. The predicted octanol–water partition coefficient (Wildman–Crippen LogP) is 2.96. The number of rotatable bonds is 4. The molecule has 1 aromatic heterocycles. The molecule has 40 heavy (non-hydrogen) atoms. The lowest BCUT2D eigenvalue weighted by molar-refractivity contribution is -0.193. The van der Waals surface area contributed by atoms with Crippen molar-refractivity contribution in [1.29, 1.82) is 0 Å². The summed E-state index contributed by atoms with van der Waals surface area (Å²) in [6.45, 7) is 4.36. The van der Waals surface area contributed by atoms with E-state index >= 15 is 0 Å². The fraction of sp³-hybridized carbons (Fsp3) is 0.667. The molecule has 0 radical (unpaired) electrons. The maximum absolute atomic E-state index is 12.8. The first-order chi connectivity index (χ1) is 18.6. The van der Waals surface area contributed by atoms with Crippen LogP contribution in [0.2, 0.25) is 0 Å². The minimum absolute atomic E-state index is 0.0858. The number of piperidine rings is 1. The molecule has 4 rings (SSSR count). The molecule has 3 saturated heterocycles. The van der Waals surface area contributed by atoms with Gasteiger partial charge in [-0.25, -0.2) is 9.59 Å². The van der Waals surface area contributed by atoms with Crippen LogP contribution in [0.4, 0.5) is 26.3 Å². The number of carboxylic acids is 2. The zero-order valence-corrected chi connectivity index (χ0v) is 21.5. The summed E-state index contributed by atoms with van der Waals surface area (Å²) < 4.78 is 75.2. The van der Waals surface area contributed by atoms with Gasteiger partial charge in [0, 0.05) is 39.0 Å². The number of likely N-dealkylation sites (N-methyl/N-ethyl adjacent to an activating group) is 1. The van der Waals surface area contributed by atoms with Crippen molar-refractivity contribution in [3.8, 4) is 0 Å². The highest BCUT2D eigenvalue weighted by Gasteiger charge is 2.44. The highest BCUT2D eigenvalue weighted by molar-refractivity contribution is 5.81. The minimum atomic E-state index is -5.08. The molecule has 16 heteroatoms. The maximum atomic E-state index is 12.8. The SMILES string of the molecule is CN(Cc1ccccn1)C(=O)[C@H]1C[C@@H]2CCN(C3CCOCC3)C[C@H]2O1.O=C(O)C(F)(F)F.O=C(O)C(F)(F)F. The number of carbonyl (C=O) groups excluding carboxylic acids is 1. The summed E-state index contributed by atoms with van der Waals surface area (Å²) in [5.74, 6) is -4.91. The molecular formula is C24H31F6N3O7. The number of carboxylic acid groups (broad SMARTS) is 2. The Morgan fingerprint density at radius 2 is 1.60 bits per heavy atom. The summed E-state index contributed by atoms with van der Waals surface area (Å²) in [6, 6.07) is 6.41. The first-order valence-electron chi connectivity index (χ1n) is 12.3. The van der Waals surface area contributed by atoms with Crippen molar-refractivity contribution in [2.45, 2.75) is 62.8 Å². The van der Waals surface area contributed by atoms with E-state index in [0.29, 0.717) is 18.5 Å². The lowest BCUT2D eigenvalue weighted by Gasteiger charge is -2.40. The smallest absolute Gasteiger partial charge is 0.475 e. The van der Waals surface area contributed by atoms with E-state index in [-0.39, 0.29) is 18.1 Å². The van der Waals surface area contributed by atoms with E-state index < -0.39 is 24.3 Å². The Morgan fingerprint density at radius 1 is 1.02 bits per heavy atom. The minimum Gasteiger partial charge on any atom is -0.475 e. The largest absolute Gasteiger partial charge is 0.490 e. The number of fused-ring (bicyclic) bond motifs is 1. The van der Waals surface area contributed by atoms with Crippen LogP contribution < -0.4 is 0 Å². The quantitative estimate of drug-likeness (QED) is 0.511. The number of halogens is 6. The molecule has 0 unspecified atom stereocenters. The van der Waals surface area contributed by atoms with E-state index in [1.807, 2.05) is 25.2 Å². The van der Waals surface area contributed by atoms with Crippen molar-refractivity contribution in [2.24, 2.45) is 5.92 Å². The normalized spacial score (nSPS) is 23.5. The number of alkyl halides is 6. The molecule has 3 aliphatic heterocycles. The number of hydrogen-bond acceptors (Lipinski definition) is 7. The van der Waals surface area contributed by atoms with Crippen molar-refractivity contribution in [3.63, 3.8) is 0 Å². The van der Waals surface area contributed by atoms with Crippen LogP contribution in [-0.2, 0) is 30.4 Å². The molecule has 0 aromatic carbocycles. The van der Waals surface area contributed by atoms with E-state index in [2.05, 4.69) is 9.88 Å². The van der Waals surface area contributed by atoms with Crippen LogP contribution in [0.25, 0.3) is 0 Å². The molecule has 4 heterocycles. The lowest BCUT2D eigenvalue weighted by Crippen LogP contribution is -2.49. The van der Waals surface area contributed by atoms with Crippen molar-refractivity contribution >= 4 is 17.8 Å². The number of hydrogen-bond donors (Lipinski definition) is 2. The third-order valence-corrected chi connectivity index (χ3v) is 6.55. The van der Waals surface area contributed by atoms with Gasteiger partial charge in [-0.05, 0) is 50.3 Å². The zero-order valence-electron chi connectivity index (χ0n) is 21.5. The zero-order chi connectivity index (χ0) is 30.1. The topological polar surface area (TPSA) is 130 Å². The van der Waals surface area contributed by atoms with Gasteiger partial charge in [0.2, 0.25) is 0 Å². The van der Waals surface area contributed by atoms with Gasteiger partial charge < -0.3 is 24.6 Å². The van der Waals surface area contributed by atoms with E-state index in [1.165, 1.54) is 0 Å². The van der Waals surface area contributed by atoms with Gasteiger partial charge in [-0.15, -0.1) is 0 Å². The molecule has 0 aliphatic carbocycles.